The van der Waals surface area contributed by atoms with Crippen LogP contribution in [0, 0.1) is 5.92 Å². The van der Waals surface area contributed by atoms with Gasteiger partial charge in [0.05, 0.1) is 0 Å². The lowest BCUT2D eigenvalue weighted by Crippen LogP contribution is -2.17. The molecule has 0 N–H and O–H groups in total. The lowest BCUT2D eigenvalue weighted by molar-refractivity contribution is 0.367. The highest BCUT2D eigenvalue weighted by Gasteiger charge is 2.19. The van der Waals surface area contributed by atoms with Gasteiger partial charge in [0.15, 0.2) is 0 Å². The minimum Gasteiger partial charge on any atom is -0.306 e. The Morgan fingerprint density at radius 1 is 1.58 bits per heavy atom. The van der Waals surface area contributed by atoms with Crippen molar-refractivity contribution in [3.8, 4) is 0 Å². The van der Waals surface area contributed by atoms with Crippen LogP contribution < -0.4 is 0 Å². The van der Waals surface area contributed by atoms with Gasteiger partial charge in [0.2, 0.25) is 0 Å². The molecular formula is C7H13N5. The molecule has 0 aliphatic carbocycles. The smallest absolute Gasteiger partial charge is 0.138 e. The second kappa shape index (κ2) is 3.18. The summed E-state index contributed by atoms with van der Waals surface area (Å²) in [6.45, 7) is 3.32. The molecule has 0 saturated carbocycles. The maximum absolute atomic E-state index is 3.84. The molecule has 1 aliphatic rings. The van der Waals surface area contributed by atoms with Gasteiger partial charge < -0.3 is 4.90 Å². The van der Waals surface area contributed by atoms with Crippen LogP contribution in [-0.2, 0) is 6.54 Å². The van der Waals surface area contributed by atoms with Crippen molar-refractivity contribution in [2.75, 3.05) is 20.1 Å². The van der Waals surface area contributed by atoms with E-state index in [0.29, 0.717) is 0 Å². The van der Waals surface area contributed by atoms with Crippen LogP contribution in [0.15, 0.2) is 6.33 Å². The van der Waals surface area contributed by atoms with Gasteiger partial charge in [0.25, 0.3) is 0 Å². The van der Waals surface area contributed by atoms with Crippen molar-refractivity contribution >= 4 is 0 Å². The minimum absolute atomic E-state index is 0.721. The van der Waals surface area contributed by atoms with Crippen molar-refractivity contribution in [3.05, 3.63) is 6.33 Å². The summed E-state index contributed by atoms with van der Waals surface area (Å²) in [6, 6.07) is 0. The third-order valence-corrected chi connectivity index (χ3v) is 2.33. The SMILES string of the molecule is CN1CC[C@@H](Cn2cnnn2)C1. The number of hydrogen-bond donors (Lipinski definition) is 0. The van der Waals surface area contributed by atoms with Gasteiger partial charge in [0.1, 0.15) is 6.33 Å². The lowest BCUT2D eigenvalue weighted by Gasteiger charge is -2.08. The third kappa shape index (κ3) is 1.61. The van der Waals surface area contributed by atoms with Crippen molar-refractivity contribution in [2.45, 2.75) is 13.0 Å². The Bertz CT molecular complexity index is 232. The molecule has 1 aromatic rings. The molecular weight excluding hydrogens is 154 g/mol. The molecule has 0 unspecified atom stereocenters. The fourth-order valence-corrected chi connectivity index (χ4v) is 1.70. The summed E-state index contributed by atoms with van der Waals surface area (Å²) >= 11 is 0. The molecule has 1 fully saturated rings. The van der Waals surface area contributed by atoms with Gasteiger partial charge in [-0.2, -0.15) is 0 Å². The maximum atomic E-state index is 3.84. The zero-order valence-electron chi connectivity index (χ0n) is 7.22. The molecule has 66 valence electrons. The van der Waals surface area contributed by atoms with Crippen molar-refractivity contribution in [1.82, 2.24) is 25.1 Å². The number of nitrogens with zero attached hydrogens (tertiary/aromatic N) is 5. The molecule has 1 saturated heterocycles. The molecule has 0 bridgehead atoms. The molecule has 5 heteroatoms. The largest absolute Gasteiger partial charge is 0.306 e. The second-order valence-electron chi connectivity index (χ2n) is 3.45. The Kier molecular flexibility index (Phi) is 2.03. The van der Waals surface area contributed by atoms with Crippen LogP contribution in [0.25, 0.3) is 0 Å². The summed E-state index contributed by atoms with van der Waals surface area (Å²) in [5.41, 5.74) is 0. The van der Waals surface area contributed by atoms with Crippen molar-refractivity contribution in [2.24, 2.45) is 5.92 Å². The standard InChI is InChI=1S/C7H13N5/c1-11-3-2-7(4-11)5-12-6-8-9-10-12/h6-7H,2-5H2,1H3/t7-/m1/s1. The van der Waals surface area contributed by atoms with Crippen molar-refractivity contribution < 1.29 is 0 Å². The Balaban J connectivity index is 1.88. The monoisotopic (exact) mass is 167 g/mol. The molecule has 2 rings (SSSR count). The average molecular weight is 167 g/mol. The number of likely N-dealkylation sites (tertiary alicyclic amines) is 1. The Labute approximate surface area is 71.4 Å². The van der Waals surface area contributed by atoms with Gasteiger partial charge in [-0.3, -0.25) is 0 Å². The summed E-state index contributed by atoms with van der Waals surface area (Å²) in [5.74, 6) is 0.721. The zero-order valence-corrected chi connectivity index (χ0v) is 7.22. The summed E-state index contributed by atoms with van der Waals surface area (Å²) in [6.07, 6.45) is 2.94. The van der Waals surface area contributed by atoms with Gasteiger partial charge in [-0.25, -0.2) is 4.68 Å². The molecule has 0 spiro atoms. The quantitative estimate of drug-likeness (QED) is 0.602. The molecule has 5 nitrogen and oxygen atoms in total. The summed E-state index contributed by atoms with van der Waals surface area (Å²) in [4.78, 5) is 2.34. The van der Waals surface area contributed by atoms with E-state index in [4.69, 9.17) is 0 Å². The van der Waals surface area contributed by atoms with Gasteiger partial charge >= 0.3 is 0 Å². The lowest BCUT2D eigenvalue weighted by atomic mass is 10.1. The fourth-order valence-electron chi connectivity index (χ4n) is 1.70. The van der Waals surface area contributed by atoms with E-state index in [1.54, 1.807) is 6.33 Å². The van der Waals surface area contributed by atoms with Crippen LogP contribution in [0.4, 0.5) is 0 Å². The maximum Gasteiger partial charge on any atom is 0.138 e. The summed E-state index contributed by atoms with van der Waals surface area (Å²) < 4.78 is 1.81. The van der Waals surface area contributed by atoms with Crippen LogP contribution in [0.1, 0.15) is 6.42 Å². The molecule has 0 amide bonds. The van der Waals surface area contributed by atoms with E-state index in [2.05, 4.69) is 27.5 Å². The first-order valence-corrected chi connectivity index (χ1v) is 4.24. The van der Waals surface area contributed by atoms with Gasteiger partial charge in [0, 0.05) is 13.1 Å². The van der Waals surface area contributed by atoms with Crippen molar-refractivity contribution in [3.63, 3.8) is 0 Å². The number of hydrogen-bond acceptors (Lipinski definition) is 4. The van der Waals surface area contributed by atoms with E-state index in [-0.39, 0.29) is 0 Å². The first kappa shape index (κ1) is 7.67. The number of tetrazole rings is 1. The summed E-state index contributed by atoms with van der Waals surface area (Å²) in [5, 5.41) is 11.0. The Hall–Kier alpha value is -0.970. The molecule has 1 atom stereocenters. The highest BCUT2D eigenvalue weighted by atomic mass is 15.5. The number of aromatic nitrogens is 4. The number of rotatable bonds is 2. The summed E-state index contributed by atoms with van der Waals surface area (Å²) in [7, 11) is 2.15. The van der Waals surface area contributed by atoms with E-state index in [0.717, 1.165) is 12.5 Å². The predicted octanol–water partition coefficient (Wildman–Crippen LogP) is -0.375. The van der Waals surface area contributed by atoms with E-state index in [1.165, 1.54) is 19.5 Å². The molecule has 1 aliphatic heterocycles. The zero-order chi connectivity index (χ0) is 8.39. The first-order valence-electron chi connectivity index (χ1n) is 4.24. The van der Waals surface area contributed by atoms with Crippen LogP contribution in [-0.4, -0.2) is 45.2 Å². The van der Waals surface area contributed by atoms with Gasteiger partial charge in [-0.15, -0.1) is 5.10 Å². The molecule has 1 aromatic heterocycles. The Morgan fingerprint density at radius 3 is 3.08 bits per heavy atom. The van der Waals surface area contributed by atoms with Crippen LogP contribution in [0.3, 0.4) is 0 Å². The van der Waals surface area contributed by atoms with E-state index < -0.39 is 0 Å². The van der Waals surface area contributed by atoms with Crippen LogP contribution >= 0.6 is 0 Å². The molecule has 0 aromatic carbocycles. The van der Waals surface area contributed by atoms with Crippen LogP contribution in [0.5, 0.6) is 0 Å². The average Bonchev–Trinajstić information content (AvgIpc) is 2.63. The molecule has 2 heterocycles. The second-order valence-corrected chi connectivity index (χ2v) is 3.45. The highest BCUT2D eigenvalue weighted by molar-refractivity contribution is 4.72. The van der Waals surface area contributed by atoms with E-state index >= 15 is 0 Å². The van der Waals surface area contributed by atoms with Gasteiger partial charge in [-0.1, -0.05) is 0 Å². The first-order chi connectivity index (χ1) is 5.84. The van der Waals surface area contributed by atoms with Crippen molar-refractivity contribution in [1.29, 1.82) is 0 Å². The van der Waals surface area contributed by atoms with Crippen LogP contribution in [0.2, 0.25) is 0 Å². The van der Waals surface area contributed by atoms with E-state index in [9.17, 15) is 0 Å². The Morgan fingerprint density at radius 2 is 2.50 bits per heavy atom. The topological polar surface area (TPSA) is 46.8 Å². The normalized spacial score (nSPS) is 24.9. The third-order valence-electron chi connectivity index (χ3n) is 2.33. The van der Waals surface area contributed by atoms with E-state index in [1.807, 2.05) is 4.68 Å². The fraction of sp³-hybridized carbons (Fsp3) is 0.857. The molecule has 0 radical (unpaired) electrons. The predicted molar refractivity (Wildman–Crippen MR) is 43.4 cm³/mol. The van der Waals surface area contributed by atoms with Gasteiger partial charge in [-0.05, 0) is 36.4 Å². The highest BCUT2D eigenvalue weighted by Crippen LogP contribution is 2.15. The molecule has 12 heavy (non-hydrogen) atoms. The minimum atomic E-state index is 0.721.